The molecule has 0 saturated carbocycles. The fourth-order valence-corrected chi connectivity index (χ4v) is 2.82. The molecular weight excluding hydrogens is 160 g/mol. The minimum atomic E-state index is 0.791. The van der Waals surface area contributed by atoms with Crippen LogP contribution in [-0.2, 0) is 0 Å². The van der Waals surface area contributed by atoms with E-state index >= 15 is 0 Å². The second kappa shape index (κ2) is 3.58. The van der Waals surface area contributed by atoms with Crippen molar-refractivity contribution >= 4 is 0 Å². The zero-order chi connectivity index (χ0) is 9.42. The van der Waals surface area contributed by atoms with Gasteiger partial charge in [-0.25, -0.2) is 0 Å². The van der Waals surface area contributed by atoms with Gasteiger partial charge in [0.15, 0.2) is 0 Å². The Kier molecular flexibility index (Phi) is 2.61. The van der Waals surface area contributed by atoms with Crippen LogP contribution < -0.4 is 0 Å². The molecule has 0 aromatic rings. The lowest BCUT2D eigenvalue weighted by atomic mass is 10.1. The van der Waals surface area contributed by atoms with Crippen molar-refractivity contribution in [2.45, 2.75) is 38.8 Å². The normalized spacial score (nSPS) is 38.1. The van der Waals surface area contributed by atoms with Crippen molar-refractivity contribution < 1.29 is 0 Å². The van der Waals surface area contributed by atoms with Crippen LogP contribution in [0, 0.1) is 5.92 Å². The Balaban J connectivity index is 1.94. The van der Waals surface area contributed by atoms with Gasteiger partial charge >= 0.3 is 0 Å². The topological polar surface area (TPSA) is 6.48 Å². The van der Waals surface area contributed by atoms with Gasteiger partial charge in [-0.15, -0.1) is 0 Å². The van der Waals surface area contributed by atoms with E-state index in [4.69, 9.17) is 0 Å². The molecule has 2 fully saturated rings. The van der Waals surface area contributed by atoms with Crippen LogP contribution in [0.2, 0.25) is 0 Å². The van der Waals surface area contributed by atoms with Gasteiger partial charge < -0.3 is 4.90 Å². The van der Waals surface area contributed by atoms with Gasteiger partial charge in [-0.3, -0.25) is 4.90 Å². The average Bonchev–Trinajstić information content (AvgIpc) is 2.67. The average molecular weight is 182 g/mol. The number of hydrogen-bond donors (Lipinski definition) is 0. The molecule has 0 N–H and O–H groups in total. The summed E-state index contributed by atoms with van der Waals surface area (Å²) in [5, 5.41) is 0. The largest absolute Gasteiger partial charge is 0.302 e. The lowest BCUT2D eigenvalue weighted by Crippen LogP contribution is -2.35. The summed E-state index contributed by atoms with van der Waals surface area (Å²) in [4.78, 5) is 5.22. The van der Waals surface area contributed by atoms with Crippen molar-refractivity contribution in [3.8, 4) is 0 Å². The molecule has 2 aliphatic rings. The standard InChI is InChI=1S/C11H22N2/c1-4-9(2)13-7-10-5-6-12(3)11(10)8-13/h9-11H,4-8H2,1-3H3. The number of likely N-dealkylation sites (N-methyl/N-ethyl adjacent to an activating group) is 1. The second-order valence-corrected chi connectivity index (χ2v) is 4.81. The first kappa shape index (κ1) is 9.47. The number of hydrogen-bond acceptors (Lipinski definition) is 2. The molecule has 2 rings (SSSR count). The predicted octanol–water partition coefficient (Wildman–Crippen LogP) is 1.42. The molecule has 76 valence electrons. The summed E-state index contributed by atoms with van der Waals surface area (Å²) in [5.41, 5.74) is 0. The highest BCUT2D eigenvalue weighted by Gasteiger charge is 2.40. The molecule has 0 aromatic carbocycles. The molecule has 0 aromatic heterocycles. The molecule has 13 heavy (non-hydrogen) atoms. The lowest BCUT2D eigenvalue weighted by molar-refractivity contribution is 0.212. The van der Waals surface area contributed by atoms with Crippen LogP contribution in [0.15, 0.2) is 0 Å². The highest BCUT2D eigenvalue weighted by atomic mass is 15.3. The van der Waals surface area contributed by atoms with Crippen molar-refractivity contribution in [3.05, 3.63) is 0 Å². The maximum Gasteiger partial charge on any atom is 0.0261 e. The van der Waals surface area contributed by atoms with E-state index in [0.717, 1.165) is 18.0 Å². The van der Waals surface area contributed by atoms with E-state index in [2.05, 4.69) is 30.7 Å². The molecule has 2 saturated heterocycles. The Labute approximate surface area is 81.9 Å². The Morgan fingerprint density at radius 1 is 1.38 bits per heavy atom. The molecule has 2 aliphatic heterocycles. The highest BCUT2D eigenvalue weighted by Crippen LogP contribution is 2.31. The van der Waals surface area contributed by atoms with Crippen LogP contribution >= 0.6 is 0 Å². The highest BCUT2D eigenvalue weighted by molar-refractivity contribution is 4.95. The SMILES string of the molecule is CCC(C)N1CC2CCN(C)C2C1. The van der Waals surface area contributed by atoms with Gasteiger partial charge in [0, 0.05) is 25.2 Å². The van der Waals surface area contributed by atoms with Crippen LogP contribution in [0.25, 0.3) is 0 Å². The molecule has 0 bridgehead atoms. The molecule has 0 radical (unpaired) electrons. The smallest absolute Gasteiger partial charge is 0.0261 e. The Bertz CT molecular complexity index is 181. The van der Waals surface area contributed by atoms with E-state index in [0.29, 0.717) is 0 Å². The maximum absolute atomic E-state index is 2.67. The number of likely N-dealkylation sites (tertiary alicyclic amines) is 2. The zero-order valence-electron chi connectivity index (χ0n) is 9.16. The molecule has 2 heterocycles. The van der Waals surface area contributed by atoms with Gasteiger partial charge in [0.05, 0.1) is 0 Å². The van der Waals surface area contributed by atoms with Crippen LogP contribution in [0.4, 0.5) is 0 Å². The summed E-state index contributed by atoms with van der Waals surface area (Å²) >= 11 is 0. The minimum Gasteiger partial charge on any atom is -0.302 e. The third kappa shape index (κ3) is 1.62. The third-order valence-corrected chi connectivity index (χ3v) is 4.07. The monoisotopic (exact) mass is 182 g/mol. The first-order valence-corrected chi connectivity index (χ1v) is 5.66. The summed E-state index contributed by atoms with van der Waals surface area (Å²) < 4.78 is 0. The van der Waals surface area contributed by atoms with E-state index in [1.54, 1.807) is 0 Å². The summed E-state index contributed by atoms with van der Waals surface area (Å²) in [5.74, 6) is 0.971. The van der Waals surface area contributed by atoms with Gasteiger partial charge in [-0.05, 0) is 39.3 Å². The van der Waals surface area contributed by atoms with Gasteiger partial charge in [0.1, 0.15) is 0 Å². The van der Waals surface area contributed by atoms with Crippen LogP contribution in [0.1, 0.15) is 26.7 Å². The summed E-state index contributed by atoms with van der Waals surface area (Å²) in [6, 6.07) is 1.66. The van der Waals surface area contributed by atoms with Gasteiger partial charge in [-0.1, -0.05) is 6.92 Å². The fourth-order valence-electron chi connectivity index (χ4n) is 2.82. The minimum absolute atomic E-state index is 0.791. The van der Waals surface area contributed by atoms with Gasteiger partial charge in [0.2, 0.25) is 0 Å². The van der Waals surface area contributed by atoms with Crippen molar-refractivity contribution in [3.63, 3.8) is 0 Å². The molecule has 2 heteroatoms. The van der Waals surface area contributed by atoms with E-state index in [1.807, 2.05) is 0 Å². The zero-order valence-corrected chi connectivity index (χ0v) is 9.16. The second-order valence-electron chi connectivity index (χ2n) is 4.81. The molecule has 0 aliphatic carbocycles. The quantitative estimate of drug-likeness (QED) is 0.637. The Morgan fingerprint density at radius 2 is 2.15 bits per heavy atom. The Morgan fingerprint density at radius 3 is 2.77 bits per heavy atom. The van der Waals surface area contributed by atoms with E-state index in [9.17, 15) is 0 Å². The van der Waals surface area contributed by atoms with E-state index in [-0.39, 0.29) is 0 Å². The summed E-state index contributed by atoms with van der Waals surface area (Å²) in [6.45, 7) is 8.65. The molecule has 0 spiro atoms. The van der Waals surface area contributed by atoms with E-state index < -0.39 is 0 Å². The lowest BCUT2D eigenvalue weighted by Gasteiger charge is -2.25. The number of nitrogens with zero attached hydrogens (tertiary/aromatic N) is 2. The number of fused-ring (bicyclic) bond motifs is 1. The third-order valence-electron chi connectivity index (χ3n) is 4.07. The van der Waals surface area contributed by atoms with Crippen molar-refractivity contribution in [2.24, 2.45) is 5.92 Å². The molecule has 2 nitrogen and oxygen atoms in total. The summed E-state index contributed by atoms with van der Waals surface area (Å²) in [7, 11) is 2.28. The van der Waals surface area contributed by atoms with Crippen LogP contribution in [-0.4, -0.2) is 48.6 Å². The molecular formula is C11H22N2. The van der Waals surface area contributed by atoms with Crippen molar-refractivity contribution in [1.82, 2.24) is 9.80 Å². The van der Waals surface area contributed by atoms with Crippen molar-refractivity contribution in [1.29, 1.82) is 0 Å². The van der Waals surface area contributed by atoms with Crippen LogP contribution in [0.5, 0.6) is 0 Å². The predicted molar refractivity (Wildman–Crippen MR) is 55.9 cm³/mol. The van der Waals surface area contributed by atoms with E-state index in [1.165, 1.54) is 32.5 Å². The van der Waals surface area contributed by atoms with Crippen LogP contribution in [0.3, 0.4) is 0 Å². The number of rotatable bonds is 2. The first-order valence-electron chi connectivity index (χ1n) is 5.66. The molecule has 3 unspecified atom stereocenters. The van der Waals surface area contributed by atoms with Gasteiger partial charge in [0.25, 0.3) is 0 Å². The van der Waals surface area contributed by atoms with Crippen molar-refractivity contribution in [2.75, 3.05) is 26.7 Å². The maximum atomic E-state index is 2.67. The summed E-state index contributed by atoms with van der Waals surface area (Å²) in [6.07, 6.45) is 2.72. The Hall–Kier alpha value is -0.0800. The molecule has 0 amide bonds. The fraction of sp³-hybridized carbons (Fsp3) is 1.00. The van der Waals surface area contributed by atoms with Gasteiger partial charge in [-0.2, -0.15) is 0 Å². The molecule has 3 atom stereocenters. The first-order chi connectivity index (χ1) is 6.22.